The van der Waals surface area contributed by atoms with E-state index in [1.165, 1.54) is 0 Å². The molecule has 2 fully saturated rings. The number of aromatic nitrogens is 1. The first-order valence-corrected chi connectivity index (χ1v) is 10.8. The van der Waals surface area contributed by atoms with Crippen LogP contribution in [0.25, 0.3) is 0 Å². The van der Waals surface area contributed by atoms with Crippen LogP contribution in [-0.2, 0) is 16.1 Å². The highest BCUT2D eigenvalue weighted by Gasteiger charge is 2.42. The van der Waals surface area contributed by atoms with E-state index in [1.807, 2.05) is 34.9 Å². The minimum Gasteiger partial charge on any atom is -0.342 e. The van der Waals surface area contributed by atoms with E-state index < -0.39 is 0 Å². The van der Waals surface area contributed by atoms with Gasteiger partial charge in [-0.3, -0.25) is 14.6 Å². The van der Waals surface area contributed by atoms with Crippen molar-refractivity contribution in [1.82, 2.24) is 14.8 Å². The van der Waals surface area contributed by atoms with E-state index in [2.05, 4.69) is 16.8 Å². The Morgan fingerprint density at radius 2 is 2.19 bits per heavy atom. The van der Waals surface area contributed by atoms with Gasteiger partial charge >= 0.3 is 0 Å². The molecule has 6 heteroatoms. The van der Waals surface area contributed by atoms with E-state index in [4.69, 9.17) is 0 Å². The Kier molecular flexibility index (Phi) is 6.57. The molecule has 2 aliphatic rings. The summed E-state index contributed by atoms with van der Waals surface area (Å²) in [5, 5.41) is 0. The second-order valence-electron chi connectivity index (χ2n) is 7.44. The molecule has 1 atom stereocenters. The van der Waals surface area contributed by atoms with Crippen molar-refractivity contribution in [3.8, 4) is 0 Å². The zero-order valence-electron chi connectivity index (χ0n) is 15.7. The van der Waals surface area contributed by atoms with Gasteiger partial charge in [-0.1, -0.05) is 13.0 Å². The van der Waals surface area contributed by atoms with Crippen molar-refractivity contribution < 1.29 is 9.59 Å². The fraction of sp³-hybridized carbons (Fsp3) is 0.650. The number of thioether (sulfide) groups is 1. The van der Waals surface area contributed by atoms with Gasteiger partial charge in [-0.2, -0.15) is 11.8 Å². The second kappa shape index (κ2) is 8.89. The van der Waals surface area contributed by atoms with Crippen LogP contribution in [-0.4, -0.2) is 57.7 Å². The lowest BCUT2D eigenvalue weighted by molar-refractivity contribution is -0.143. The summed E-state index contributed by atoms with van der Waals surface area (Å²) in [5.41, 5.74) is 0.993. The van der Waals surface area contributed by atoms with Crippen molar-refractivity contribution in [3.05, 3.63) is 30.1 Å². The summed E-state index contributed by atoms with van der Waals surface area (Å²) in [7, 11) is 0. The first kappa shape index (κ1) is 19.2. The molecule has 3 heterocycles. The molecular formula is C20H29N3O2S. The highest BCUT2D eigenvalue weighted by Crippen LogP contribution is 2.39. The van der Waals surface area contributed by atoms with E-state index in [9.17, 15) is 9.59 Å². The topological polar surface area (TPSA) is 53.5 Å². The van der Waals surface area contributed by atoms with Crippen LogP contribution in [0.3, 0.4) is 0 Å². The fourth-order valence-electron chi connectivity index (χ4n) is 4.15. The van der Waals surface area contributed by atoms with Crippen LogP contribution in [0.15, 0.2) is 24.4 Å². The minimum absolute atomic E-state index is 0.0640. The van der Waals surface area contributed by atoms with Gasteiger partial charge in [0.2, 0.25) is 11.8 Å². The monoisotopic (exact) mass is 375 g/mol. The maximum absolute atomic E-state index is 12.6. The molecule has 142 valence electrons. The average Bonchev–Trinajstić information content (AvgIpc) is 2.66. The standard InChI is InChI=1S/C20H29N3O2S/c1-2-26-13-8-19(25)22-12-5-9-20(15-22)10-7-18(24)23(16-20)14-17-6-3-4-11-21-17/h3-4,6,11H,2,5,7-10,12-16H2,1H3/t20-/m1/s1. The third-order valence-corrected chi connectivity index (χ3v) is 6.41. The lowest BCUT2D eigenvalue weighted by atomic mass is 9.73. The Balaban J connectivity index is 1.62. The summed E-state index contributed by atoms with van der Waals surface area (Å²) in [6, 6.07) is 5.82. The van der Waals surface area contributed by atoms with Gasteiger partial charge in [0.05, 0.1) is 12.2 Å². The molecule has 3 rings (SSSR count). The summed E-state index contributed by atoms with van der Waals surface area (Å²) in [6.45, 7) is 5.11. The van der Waals surface area contributed by atoms with Crippen molar-refractivity contribution in [2.24, 2.45) is 5.41 Å². The summed E-state index contributed by atoms with van der Waals surface area (Å²) in [6.07, 6.45) is 6.03. The molecule has 1 aromatic heterocycles. The molecular weight excluding hydrogens is 346 g/mol. The van der Waals surface area contributed by atoms with E-state index in [1.54, 1.807) is 6.20 Å². The molecule has 0 aromatic carbocycles. The van der Waals surface area contributed by atoms with Gasteiger partial charge in [0.25, 0.3) is 0 Å². The fourth-order valence-corrected chi connectivity index (χ4v) is 4.76. The molecule has 26 heavy (non-hydrogen) atoms. The molecule has 2 aliphatic heterocycles. The lowest BCUT2D eigenvalue weighted by Crippen LogP contribution is -2.54. The Bertz CT molecular complexity index is 625. The zero-order valence-corrected chi connectivity index (χ0v) is 16.5. The van der Waals surface area contributed by atoms with Crippen LogP contribution >= 0.6 is 11.8 Å². The molecule has 0 N–H and O–H groups in total. The normalized spacial score (nSPS) is 23.5. The largest absolute Gasteiger partial charge is 0.342 e. The van der Waals surface area contributed by atoms with Crippen LogP contribution in [0, 0.1) is 5.41 Å². The highest BCUT2D eigenvalue weighted by molar-refractivity contribution is 7.99. The molecule has 0 aliphatic carbocycles. The smallest absolute Gasteiger partial charge is 0.223 e. The Hall–Kier alpha value is -1.56. The van der Waals surface area contributed by atoms with Crippen LogP contribution in [0.1, 0.15) is 44.7 Å². The quantitative estimate of drug-likeness (QED) is 0.718. The van der Waals surface area contributed by atoms with E-state index in [0.717, 1.165) is 56.1 Å². The number of rotatable bonds is 6. The second-order valence-corrected chi connectivity index (χ2v) is 8.83. The first-order chi connectivity index (χ1) is 12.6. The summed E-state index contributed by atoms with van der Waals surface area (Å²) in [4.78, 5) is 33.4. The van der Waals surface area contributed by atoms with Gasteiger partial charge < -0.3 is 9.80 Å². The van der Waals surface area contributed by atoms with E-state index in [0.29, 0.717) is 19.4 Å². The molecule has 0 saturated carbocycles. The van der Waals surface area contributed by atoms with Gasteiger partial charge in [-0.25, -0.2) is 0 Å². The van der Waals surface area contributed by atoms with Crippen LogP contribution in [0.2, 0.25) is 0 Å². The molecule has 2 saturated heterocycles. The number of carbonyl (C=O) groups excluding carboxylic acids is 2. The van der Waals surface area contributed by atoms with E-state index in [-0.39, 0.29) is 17.2 Å². The number of nitrogens with zero attached hydrogens (tertiary/aromatic N) is 3. The molecule has 0 radical (unpaired) electrons. The number of hydrogen-bond donors (Lipinski definition) is 0. The molecule has 5 nitrogen and oxygen atoms in total. The first-order valence-electron chi connectivity index (χ1n) is 9.65. The van der Waals surface area contributed by atoms with Gasteiger partial charge in [0, 0.05) is 49.8 Å². The summed E-state index contributed by atoms with van der Waals surface area (Å²) < 4.78 is 0. The predicted octanol–water partition coefficient (Wildman–Crippen LogP) is 2.96. The van der Waals surface area contributed by atoms with Gasteiger partial charge in [0.1, 0.15) is 0 Å². The molecule has 0 unspecified atom stereocenters. The molecule has 2 amide bonds. The van der Waals surface area contributed by atoms with Crippen molar-refractivity contribution in [1.29, 1.82) is 0 Å². The van der Waals surface area contributed by atoms with Crippen LogP contribution in [0.5, 0.6) is 0 Å². The molecule has 1 spiro atoms. The number of pyridine rings is 1. The predicted molar refractivity (Wildman–Crippen MR) is 105 cm³/mol. The number of likely N-dealkylation sites (tertiary alicyclic amines) is 2. The summed E-state index contributed by atoms with van der Waals surface area (Å²) in [5.74, 6) is 2.45. The minimum atomic E-state index is 0.0640. The third-order valence-electron chi connectivity index (χ3n) is 5.51. The van der Waals surface area contributed by atoms with Crippen LogP contribution in [0.4, 0.5) is 0 Å². The Labute approximate surface area is 160 Å². The Morgan fingerprint density at radius 3 is 2.96 bits per heavy atom. The van der Waals surface area contributed by atoms with Crippen molar-refractivity contribution >= 4 is 23.6 Å². The van der Waals surface area contributed by atoms with E-state index >= 15 is 0 Å². The van der Waals surface area contributed by atoms with Crippen molar-refractivity contribution in [3.63, 3.8) is 0 Å². The van der Waals surface area contributed by atoms with Gasteiger partial charge in [0.15, 0.2) is 0 Å². The maximum Gasteiger partial charge on any atom is 0.223 e. The molecule has 1 aromatic rings. The van der Waals surface area contributed by atoms with Gasteiger partial charge in [-0.05, 0) is 37.1 Å². The molecule has 0 bridgehead atoms. The maximum atomic E-state index is 12.6. The third kappa shape index (κ3) is 4.78. The number of amides is 2. The van der Waals surface area contributed by atoms with Gasteiger partial charge in [-0.15, -0.1) is 0 Å². The zero-order chi connectivity index (χ0) is 18.4. The van der Waals surface area contributed by atoms with Crippen LogP contribution < -0.4 is 0 Å². The Morgan fingerprint density at radius 1 is 1.31 bits per heavy atom. The highest BCUT2D eigenvalue weighted by atomic mass is 32.2. The lowest BCUT2D eigenvalue weighted by Gasteiger charge is -2.48. The average molecular weight is 376 g/mol. The summed E-state index contributed by atoms with van der Waals surface area (Å²) >= 11 is 1.82. The SMILES string of the molecule is CCSCCC(=O)N1CCC[C@@]2(CCC(=O)N(Cc3ccccn3)C2)C1. The number of piperidine rings is 2. The van der Waals surface area contributed by atoms with Crippen molar-refractivity contribution in [2.75, 3.05) is 31.1 Å². The number of carbonyl (C=O) groups is 2. The number of hydrogen-bond acceptors (Lipinski definition) is 4. The van der Waals surface area contributed by atoms with Crippen molar-refractivity contribution in [2.45, 2.75) is 45.6 Å².